The Bertz CT molecular complexity index is 162. The van der Waals surface area contributed by atoms with E-state index in [0.717, 1.165) is 27.7 Å². The van der Waals surface area contributed by atoms with E-state index < -0.39 is 23.9 Å². The minimum absolute atomic E-state index is 0. The number of aliphatic carboxylic acids is 4. The van der Waals surface area contributed by atoms with Gasteiger partial charge in [0.1, 0.15) is 0 Å². The molecule has 0 spiro atoms. The molecule has 0 aromatic heterocycles. The number of rotatable bonds is 0. The summed E-state index contributed by atoms with van der Waals surface area (Å²) in [7, 11) is 0. The van der Waals surface area contributed by atoms with E-state index in [1.807, 2.05) is 0 Å². The summed E-state index contributed by atoms with van der Waals surface area (Å²) >= 11 is 0. The Kier molecular flexibility index (Phi) is 42.1. The first-order valence-electron chi connectivity index (χ1n) is 3.71. The monoisotopic (exact) mass is 330 g/mol. The molecule has 9 heteroatoms. The summed E-state index contributed by atoms with van der Waals surface area (Å²) in [4.78, 5) is 36.0. The van der Waals surface area contributed by atoms with Crippen molar-refractivity contribution < 1.29 is 65.8 Å². The molecular weight excluding hydrogens is 315 g/mol. The van der Waals surface area contributed by atoms with Crippen molar-refractivity contribution >= 4 is 23.9 Å². The van der Waals surface area contributed by atoms with Crippen molar-refractivity contribution in [2.75, 3.05) is 0 Å². The summed E-state index contributed by atoms with van der Waals surface area (Å²) in [6.07, 6.45) is 0. The molecule has 0 rings (SSSR count). The van der Waals surface area contributed by atoms with Gasteiger partial charge in [0.15, 0.2) is 0 Å². The Morgan fingerprint density at radius 2 is 0.529 bits per heavy atom. The molecule has 0 unspecified atom stereocenters. The minimum Gasteiger partial charge on any atom is -0.481 e. The van der Waals surface area contributed by atoms with Crippen molar-refractivity contribution in [2.24, 2.45) is 0 Å². The van der Waals surface area contributed by atoms with Gasteiger partial charge in [-0.2, -0.15) is 0 Å². The fourth-order valence-corrected chi connectivity index (χ4v) is 0. The van der Waals surface area contributed by atoms with Gasteiger partial charge in [-0.15, -0.1) is 0 Å². The Labute approximate surface area is 117 Å². The minimum atomic E-state index is -0.833. The van der Waals surface area contributed by atoms with E-state index in [1.54, 1.807) is 0 Å². The van der Waals surface area contributed by atoms with Gasteiger partial charge in [-0.3, -0.25) is 19.2 Å². The standard InChI is InChI=1S/4C2H4O2.Zr/c4*1-2(3)4;/h4*1H3,(H,3,4);. The second-order valence-corrected chi connectivity index (χ2v) is 2.08. The molecule has 0 saturated heterocycles. The van der Waals surface area contributed by atoms with Crippen LogP contribution < -0.4 is 0 Å². The summed E-state index contributed by atoms with van der Waals surface area (Å²) in [5, 5.41) is 29.7. The largest absolute Gasteiger partial charge is 0.481 e. The number of hydrogen-bond acceptors (Lipinski definition) is 4. The predicted molar refractivity (Wildman–Crippen MR) is 53.2 cm³/mol. The van der Waals surface area contributed by atoms with Crippen LogP contribution in [0.25, 0.3) is 0 Å². The van der Waals surface area contributed by atoms with Crippen LogP contribution in [0.3, 0.4) is 0 Å². The number of carbonyl (C=O) groups is 4. The molecule has 0 amide bonds. The quantitative estimate of drug-likeness (QED) is 0.497. The molecule has 0 aliphatic heterocycles. The zero-order valence-electron chi connectivity index (χ0n) is 9.92. The molecule has 0 radical (unpaired) electrons. The molecule has 0 aromatic carbocycles. The molecule has 0 aliphatic carbocycles. The third-order valence-corrected chi connectivity index (χ3v) is 0. The van der Waals surface area contributed by atoms with Crippen LogP contribution in [-0.4, -0.2) is 44.3 Å². The van der Waals surface area contributed by atoms with Gasteiger partial charge in [-0.25, -0.2) is 0 Å². The van der Waals surface area contributed by atoms with Gasteiger partial charge in [0.2, 0.25) is 0 Å². The van der Waals surface area contributed by atoms with Gasteiger partial charge in [0, 0.05) is 53.9 Å². The van der Waals surface area contributed by atoms with E-state index in [1.165, 1.54) is 0 Å². The van der Waals surface area contributed by atoms with Gasteiger partial charge >= 0.3 is 0 Å². The predicted octanol–water partition coefficient (Wildman–Crippen LogP) is 0.361. The van der Waals surface area contributed by atoms with E-state index in [4.69, 9.17) is 39.6 Å². The fraction of sp³-hybridized carbons (Fsp3) is 0.500. The normalized spacial score (nSPS) is 5.88. The summed E-state index contributed by atoms with van der Waals surface area (Å²) in [6, 6.07) is 0. The van der Waals surface area contributed by atoms with Crippen molar-refractivity contribution in [2.45, 2.75) is 27.7 Å². The Morgan fingerprint density at radius 1 is 0.529 bits per heavy atom. The molecule has 0 atom stereocenters. The maximum Gasteiger partial charge on any atom is 0.300 e. The Hall–Kier alpha value is -1.24. The van der Waals surface area contributed by atoms with Crippen LogP contribution in [0.4, 0.5) is 0 Å². The second-order valence-electron chi connectivity index (χ2n) is 2.08. The van der Waals surface area contributed by atoms with E-state index >= 15 is 0 Å². The molecule has 100 valence electrons. The summed E-state index contributed by atoms with van der Waals surface area (Å²) in [6.45, 7) is 4.33. The fourth-order valence-electron chi connectivity index (χ4n) is 0. The third-order valence-electron chi connectivity index (χ3n) is 0. The first kappa shape index (κ1) is 29.7. The molecular formula is C8H16O8Zr. The molecule has 0 fully saturated rings. The topological polar surface area (TPSA) is 149 Å². The number of carboxylic acid groups (broad SMARTS) is 4. The third kappa shape index (κ3) is 1570. The molecule has 0 saturated carbocycles. The van der Waals surface area contributed by atoms with Gasteiger partial charge in [-0.1, -0.05) is 0 Å². The first-order valence-corrected chi connectivity index (χ1v) is 3.71. The molecule has 4 N–H and O–H groups in total. The van der Waals surface area contributed by atoms with Crippen LogP contribution in [0, 0.1) is 0 Å². The van der Waals surface area contributed by atoms with Gasteiger partial charge in [-0.05, 0) is 0 Å². The average Bonchev–Trinajstić information content (AvgIpc) is 1.76. The summed E-state index contributed by atoms with van der Waals surface area (Å²) in [5.74, 6) is -3.33. The molecule has 0 aliphatic rings. The van der Waals surface area contributed by atoms with Crippen molar-refractivity contribution in [3.05, 3.63) is 0 Å². The molecule has 0 bridgehead atoms. The SMILES string of the molecule is CC(=O)O.CC(=O)O.CC(=O)O.CC(=O)O.[Zr]. The summed E-state index contributed by atoms with van der Waals surface area (Å²) in [5.41, 5.74) is 0. The van der Waals surface area contributed by atoms with Crippen molar-refractivity contribution in [1.29, 1.82) is 0 Å². The van der Waals surface area contributed by atoms with Crippen molar-refractivity contribution in [3.8, 4) is 0 Å². The van der Waals surface area contributed by atoms with E-state index in [9.17, 15) is 0 Å². The van der Waals surface area contributed by atoms with Gasteiger partial charge in [0.25, 0.3) is 23.9 Å². The molecule has 0 heterocycles. The zero-order valence-corrected chi connectivity index (χ0v) is 12.4. The van der Waals surface area contributed by atoms with Crippen LogP contribution in [0.5, 0.6) is 0 Å². The molecule has 17 heavy (non-hydrogen) atoms. The Balaban J connectivity index is -0.0000000369. The van der Waals surface area contributed by atoms with Crippen LogP contribution >= 0.6 is 0 Å². The van der Waals surface area contributed by atoms with Gasteiger partial charge in [0.05, 0.1) is 0 Å². The van der Waals surface area contributed by atoms with Crippen LogP contribution in [0.15, 0.2) is 0 Å². The van der Waals surface area contributed by atoms with Crippen LogP contribution in [0.1, 0.15) is 27.7 Å². The maximum absolute atomic E-state index is 9.00. The van der Waals surface area contributed by atoms with Crippen LogP contribution in [0.2, 0.25) is 0 Å². The first-order chi connectivity index (χ1) is 6.93. The number of hydrogen-bond donors (Lipinski definition) is 4. The van der Waals surface area contributed by atoms with Crippen molar-refractivity contribution in [3.63, 3.8) is 0 Å². The molecule has 8 nitrogen and oxygen atoms in total. The van der Waals surface area contributed by atoms with E-state index in [0.29, 0.717) is 0 Å². The van der Waals surface area contributed by atoms with Crippen LogP contribution in [-0.2, 0) is 45.4 Å². The van der Waals surface area contributed by atoms with Gasteiger partial charge < -0.3 is 20.4 Å². The Morgan fingerprint density at radius 3 is 0.529 bits per heavy atom. The maximum atomic E-state index is 9.00. The summed E-state index contributed by atoms with van der Waals surface area (Å²) < 4.78 is 0. The zero-order chi connectivity index (χ0) is 14.3. The van der Waals surface area contributed by atoms with E-state index in [2.05, 4.69) is 0 Å². The number of carboxylic acids is 4. The van der Waals surface area contributed by atoms with Crippen molar-refractivity contribution in [1.82, 2.24) is 0 Å². The van der Waals surface area contributed by atoms with E-state index in [-0.39, 0.29) is 26.2 Å². The smallest absolute Gasteiger partial charge is 0.300 e. The average molecular weight is 331 g/mol. The second kappa shape index (κ2) is 24.1. The molecule has 0 aromatic rings.